The second kappa shape index (κ2) is 15.3. The number of halogens is 1. The fourth-order valence-electron chi connectivity index (χ4n) is 3.84. The number of amides is 1. The number of benzene rings is 3. The van der Waals surface area contributed by atoms with Crippen molar-refractivity contribution in [1.82, 2.24) is 5.43 Å². The first-order valence-corrected chi connectivity index (χ1v) is 15.0. The van der Waals surface area contributed by atoms with Crippen LogP contribution in [0.25, 0.3) is 0 Å². The molecule has 0 aliphatic heterocycles. The quantitative estimate of drug-likeness (QED) is 0.125. The number of hydrogen-bond acceptors (Lipinski definition) is 5. The van der Waals surface area contributed by atoms with Crippen LogP contribution in [-0.4, -0.2) is 33.7 Å². The third-order valence-electron chi connectivity index (χ3n) is 6.11. The third-order valence-corrected chi connectivity index (χ3v) is 8.31. The van der Waals surface area contributed by atoms with Crippen molar-refractivity contribution in [3.63, 3.8) is 0 Å². The van der Waals surface area contributed by atoms with Crippen LogP contribution in [0.4, 0.5) is 5.69 Å². The van der Waals surface area contributed by atoms with E-state index in [-0.39, 0.29) is 10.6 Å². The Morgan fingerprint density at radius 2 is 1.67 bits per heavy atom. The first-order chi connectivity index (χ1) is 18.8. The number of nitrogens with one attached hydrogen (secondary N) is 1. The van der Waals surface area contributed by atoms with Gasteiger partial charge in [0.15, 0.2) is 0 Å². The van der Waals surface area contributed by atoms with E-state index in [1.54, 1.807) is 30.3 Å². The predicted molar refractivity (Wildman–Crippen MR) is 158 cm³/mol. The highest BCUT2D eigenvalue weighted by Crippen LogP contribution is 2.28. The number of aryl methyl sites for hydroxylation is 1. The molecule has 0 spiro atoms. The van der Waals surface area contributed by atoms with Gasteiger partial charge in [-0.1, -0.05) is 74.9 Å². The van der Waals surface area contributed by atoms with E-state index in [1.807, 2.05) is 31.2 Å². The summed E-state index contributed by atoms with van der Waals surface area (Å²) >= 11 is 6.26. The molecule has 0 radical (unpaired) electrons. The molecule has 0 heterocycles. The Morgan fingerprint density at radius 1 is 0.974 bits per heavy atom. The van der Waals surface area contributed by atoms with Crippen molar-refractivity contribution >= 4 is 39.4 Å². The van der Waals surface area contributed by atoms with Gasteiger partial charge in [-0.15, -0.1) is 0 Å². The minimum atomic E-state index is -4.03. The maximum absolute atomic E-state index is 13.4. The van der Waals surface area contributed by atoms with Crippen LogP contribution in [-0.2, 0) is 14.8 Å². The number of rotatable bonds is 15. The van der Waals surface area contributed by atoms with Crippen LogP contribution in [0.3, 0.4) is 0 Å². The number of anilines is 1. The van der Waals surface area contributed by atoms with Gasteiger partial charge in [0.1, 0.15) is 12.3 Å². The van der Waals surface area contributed by atoms with Crippen LogP contribution >= 0.6 is 11.6 Å². The molecule has 1 N–H and O–H groups in total. The average molecular weight is 570 g/mol. The Kier molecular flexibility index (Phi) is 11.8. The molecule has 3 aromatic carbocycles. The van der Waals surface area contributed by atoms with Crippen molar-refractivity contribution in [3.05, 3.63) is 88.9 Å². The lowest BCUT2D eigenvalue weighted by Crippen LogP contribution is -2.39. The molecule has 7 nitrogen and oxygen atoms in total. The van der Waals surface area contributed by atoms with Crippen LogP contribution in [0.1, 0.15) is 56.6 Å². The number of nitrogens with zero attached hydrogens (tertiary/aromatic N) is 2. The largest absolute Gasteiger partial charge is 0.494 e. The topological polar surface area (TPSA) is 88.1 Å². The Labute approximate surface area is 236 Å². The second-order valence-electron chi connectivity index (χ2n) is 9.24. The molecule has 39 heavy (non-hydrogen) atoms. The summed E-state index contributed by atoms with van der Waals surface area (Å²) in [6.07, 6.45) is 8.75. The normalized spacial score (nSPS) is 11.5. The summed E-state index contributed by atoms with van der Waals surface area (Å²) in [6.45, 7) is 4.24. The van der Waals surface area contributed by atoms with E-state index in [4.69, 9.17) is 16.3 Å². The minimum Gasteiger partial charge on any atom is -0.494 e. The Hall–Kier alpha value is -3.36. The van der Waals surface area contributed by atoms with Gasteiger partial charge in [0.25, 0.3) is 15.9 Å². The van der Waals surface area contributed by atoms with E-state index in [9.17, 15) is 13.2 Å². The highest BCUT2D eigenvalue weighted by atomic mass is 35.5. The molecular formula is C30H36ClN3O4S. The summed E-state index contributed by atoms with van der Waals surface area (Å²) in [6, 6.07) is 20.2. The van der Waals surface area contributed by atoms with Crippen molar-refractivity contribution in [3.8, 4) is 5.75 Å². The van der Waals surface area contributed by atoms with Crippen molar-refractivity contribution in [1.29, 1.82) is 0 Å². The first kappa shape index (κ1) is 30.2. The molecular weight excluding hydrogens is 534 g/mol. The van der Waals surface area contributed by atoms with E-state index in [1.165, 1.54) is 56.5 Å². The number of carbonyl (C=O) groups excluding carboxylic acids is 1. The van der Waals surface area contributed by atoms with E-state index in [0.717, 1.165) is 27.6 Å². The number of ether oxygens (including phenoxy) is 1. The van der Waals surface area contributed by atoms with Gasteiger partial charge in [0, 0.05) is 5.02 Å². The summed E-state index contributed by atoms with van der Waals surface area (Å²) in [5.74, 6) is 0.185. The lowest BCUT2D eigenvalue weighted by molar-refractivity contribution is -0.119. The molecule has 0 saturated carbocycles. The highest BCUT2D eigenvalue weighted by molar-refractivity contribution is 7.92. The lowest BCUT2D eigenvalue weighted by Gasteiger charge is -2.24. The number of hydrogen-bond donors (Lipinski definition) is 1. The Bertz CT molecular complexity index is 1330. The molecule has 0 atom stereocenters. The summed E-state index contributed by atoms with van der Waals surface area (Å²) in [5, 5.41) is 4.40. The smallest absolute Gasteiger partial charge is 0.264 e. The monoisotopic (exact) mass is 569 g/mol. The van der Waals surface area contributed by atoms with Crippen molar-refractivity contribution < 1.29 is 17.9 Å². The lowest BCUT2D eigenvalue weighted by atomic mass is 10.1. The van der Waals surface area contributed by atoms with E-state index in [0.29, 0.717) is 11.6 Å². The Morgan fingerprint density at radius 3 is 2.36 bits per heavy atom. The average Bonchev–Trinajstić information content (AvgIpc) is 2.94. The van der Waals surface area contributed by atoms with Gasteiger partial charge in [0.2, 0.25) is 0 Å². The van der Waals surface area contributed by atoms with Crippen molar-refractivity contribution in [2.75, 3.05) is 17.5 Å². The van der Waals surface area contributed by atoms with Gasteiger partial charge in [-0.05, 0) is 73.0 Å². The molecule has 9 heteroatoms. The highest BCUT2D eigenvalue weighted by Gasteiger charge is 2.27. The standard InChI is InChI=1S/C30H36ClN3O4S/c1-3-4-5-6-7-11-20-38-27-18-15-25(16-19-27)22-32-33-30(35)23-34(26-17-14-24(2)29(31)21-26)39(36,37)28-12-9-8-10-13-28/h8-10,12-19,21-22H,3-7,11,20,23H2,1-2H3,(H,33,35). The van der Waals surface area contributed by atoms with Gasteiger partial charge in [-0.25, -0.2) is 13.8 Å². The molecule has 0 fully saturated rings. The van der Waals surface area contributed by atoms with Gasteiger partial charge >= 0.3 is 0 Å². The number of hydrazone groups is 1. The number of unbranched alkanes of at least 4 members (excludes halogenated alkanes) is 5. The molecule has 1 amide bonds. The number of carbonyl (C=O) groups is 1. The molecule has 0 aliphatic carbocycles. The molecule has 3 rings (SSSR count). The molecule has 0 aromatic heterocycles. The maximum Gasteiger partial charge on any atom is 0.264 e. The fraction of sp³-hybridized carbons (Fsp3) is 0.333. The summed E-state index contributed by atoms with van der Waals surface area (Å²) in [7, 11) is -4.03. The SMILES string of the molecule is CCCCCCCCOc1ccc(C=NNC(=O)CN(c2ccc(C)c(Cl)c2)S(=O)(=O)c2ccccc2)cc1. The van der Waals surface area contributed by atoms with Crippen LogP contribution in [0, 0.1) is 6.92 Å². The molecule has 208 valence electrons. The maximum atomic E-state index is 13.4. The minimum absolute atomic E-state index is 0.0665. The van der Waals surface area contributed by atoms with Gasteiger partial charge in [0.05, 0.1) is 23.4 Å². The van der Waals surface area contributed by atoms with E-state index >= 15 is 0 Å². The summed E-state index contributed by atoms with van der Waals surface area (Å²) in [5.41, 5.74) is 4.26. The fourth-order valence-corrected chi connectivity index (χ4v) is 5.45. The van der Waals surface area contributed by atoms with Crippen LogP contribution in [0.5, 0.6) is 5.75 Å². The van der Waals surface area contributed by atoms with Gasteiger partial charge in [-0.3, -0.25) is 9.10 Å². The zero-order chi connectivity index (χ0) is 28.1. The van der Waals surface area contributed by atoms with Gasteiger partial charge in [-0.2, -0.15) is 5.10 Å². The Balaban J connectivity index is 1.59. The number of sulfonamides is 1. The van der Waals surface area contributed by atoms with Gasteiger partial charge < -0.3 is 4.74 Å². The zero-order valence-electron chi connectivity index (χ0n) is 22.5. The van der Waals surface area contributed by atoms with Crippen LogP contribution in [0.15, 0.2) is 82.8 Å². The summed E-state index contributed by atoms with van der Waals surface area (Å²) < 4.78 is 33.6. The third kappa shape index (κ3) is 9.41. The zero-order valence-corrected chi connectivity index (χ0v) is 24.0. The molecule has 0 aliphatic rings. The molecule has 3 aromatic rings. The molecule has 0 saturated heterocycles. The predicted octanol–water partition coefficient (Wildman–Crippen LogP) is 6.73. The molecule has 0 unspecified atom stereocenters. The van der Waals surface area contributed by atoms with Crippen LogP contribution in [0.2, 0.25) is 5.02 Å². The van der Waals surface area contributed by atoms with Crippen LogP contribution < -0.4 is 14.5 Å². The van der Waals surface area contributed by atoms with Crippen molar-refractivity contribution in [2.24, 2.45) is 5.10 Å². The molecule has 0 bridgehead atoms. The first-order valence-electron chi connectivity index (χ1n) is 13.2. The van der Waals surface area contributed by atoms with Crippen molar-refractivity contribution in [2.45, 2.75) is 57.3 Å². The van der Waals surface area contributed by atoms with E-state index in [2.05, 4.69) is 17.5 Å². The second-order valence-corrected chi connectivity index (χ2v) is 11.5. The summed E-state index contributed by atoms with van der Waals surface area (Å²) in [4.78, 5) is 12.8. The van der Waals surface area contributed by atoms with E-state index < -0.39 is 22.5 Å².